The number of carbonyl (C=O) groups excluding carboxylic acids is 1. The molecule has 2 atom stereocenters. The summed E-state index contributed by atoms with van der Waals surface area (Å²) in [5, 5.41) is 15.1. The number of alkyl halides is 4. The molecule has 1 unspecified atom stereocenters. The number of hydrogen-bond donors (Lipinski definition) is 3. The highest BCUT2D eigenvalue weighted by molar-refractivity contribution is 6.30. The SMILES string of the molecule is CCC(CO)NC(=O)N[C@@](Cc1ccccc1)(c1cc(F)cc(OC(F)(F)C(F)F)c1)c1ccc(Cl)cn1. The van der Waals surface area contributed by atoms with E-state index in [1.165, 1.54) is 18.3 Å². The number of nitrogens with zero attached hydrogens (tertiary/aromatic N) is 1. The highest BCUT2D eigenvalue weighted by Gasteiger charge is 2.45. The summed E-state index contributed by atoms with van der Waals surface area (Å²) in [6, 6.07) is 12.5. The normalized spacial score (nSPS) is 14.0. The lowest BCUT2D eigenvalue weighted by Gasteiger charge is -2.36. The molecule has 0 aliphatic heterocycles. The van der Waals surface area contributed by atoms with Gasteiger partial charge in [-0.3, -0.25) is 4.98 Å². The quantitative estimate of drug-likeness (QED) is 0.265. The summed E-state index contributed by atoms with van der Waals surface area (Å²) in [5.74, 6) is -1.97. The average molecular weight is 558 g/mol. The molecule has 3 rings (SSSR count). The van der Waals surface area contributed by atoms with Crippen molar-refractivity contribution in [2.24, 2.45) is 0 Å². The molecule has 0 bridgehead atoms. The first kappa shape index (κ1) is 29.1. The second kappa shape index (κ2) is 12.4. The maximum Gasteiger partial charge on any atom is 0.461 e. The van der Waals surface area contributed by atoms with Crippen molar-refractivity contribution in [1.29, 1.82) is 0 Å². The van der Waals surface area contributed by atoms with Gasteiger partial charge in [0.25, 0.3) is 0 Å². The molecule has 38 heavy (non-hydrogen) atoms. The summed E-state index contributed by atoms with van der Waals surface area (Å²) >= 11 is 6.01. The molecule has 0 radical (unpaired) electrons. The standard InChI is InChI=1S/C26H25ClF5N3O3/c1-2-20(15-36)34-24(37)35-25(13-16-6-4-3-5-7-16,22-9-8-18(27)14-33-22)17-10-19(28)12-21(11-17)38-26(31,32)23(29)30/h3-12,14,20,23,36H,2,13,15H2,1H3,(H2,34,35,37)/t20?,25-/m0/s1. The monoisotopic (exact) mass is 557 g/mol. The Balaban J connectivity index is 2.23. The number of hydrogen-bond acceptors (Lipinski definition) is 4. The molecule has 3 N–H and O–H groups in total. The van der Waals surface area contributed by atoms with Gasteiger partial charge in [-0.15, -0.1) is 0 Å². The van der Waals surface area contributed by atoms with Gasteiger partial charge in [-0.25, -0.2) is 9.18 Å². The number of pyridine rings is 1. The van der Waals surface area contributed by atoms with Crippen molar-refractivity contribution < 1.29 is 36.6 Å². The van der Waals surface area contributed by atoms with Crippen LogP contribution in [0, 0.1) is 5.82 Å². The van der Waals surface area contributed by atoms with E-state index in [0.717, 1.165) is 12.1 Å². The Morgan fingerprint density at radius 2 is 1.84 bits per heavy atom. The van der Waals surface area contributed by atoms with E-state index >= 15 is 0 Å². The number of carbonyl (C=O) groups is 1. The van der Waals surface area contributed by atoms with Crippen LogP contribution in [-0.4, -0.2) is 41.3 Å². The predicted molar refractivity (Wildman–Crippen MR) is 131 cm³/mol. The molecule has 0 fully saturated rings. The number of benzene rings is 2. The summed E-state index contributed by atoms with van der Waals surface area (Å²) in [7, 11) is 0. The Kier molecular flexibility index (Phi) is 9.50. The van der Waals surface area contributed by atoms with Gasteiger partial charge in [0.05, 0.1) is 23.4 Å². The van der Waals surface area contributed by atoms with E-state index in [9.17, 15) is 31.9 Å². The molecule has 2 amide bonds. The van der Waals surface area contributed by atoms with E-state index in [-0.39, 0.29) is 29.3 Å². The number of rotatable bonds is 11. The molecule has 0 aliphatic rings. The minimum absolute atomic E-state index is 0.0695. The number of ether oxygens (including phenoxy) is 1. The zero-order valence-corrected chi connectivity index (χ0v) is 20.9. The van der Waals surface area contributed by atoms with Gasteiger partial charge in [0.2, 0.25) is 0 Å². The summed E-state index contributed by atoms with van der Waals surface area (Å²) < 4.78 is 72.0. The van der Waals surface area contributed by atoms with E-state index in [4.69, 9.17) is 11.6 Å². The summed E-state index contributed by atoms with van der Waals surface area (Å²) in [5.41, 5.74) is -1.09. The van der Waals surface area contributed by atoms with E-state index in [0.29, 0.717) is 18.1 Å². The third-order valence-corrected chi connectivity index (χ3v) is 5.95. The first-order valence-electron chi connectivity index (χ1n) is 11.5. The second-order valence-corrected chi connectivity index (χ2v) is 8.89. The molecule has 12 heteroatoms. The second-order valence-electron chi connectivity index (χ2n) is 8.46. The lowest BCUT2D eigenvalue weighted by atomic mass is 9.80. The highest BCUT2D eigenvalue weighted by Crippen LogP contribution is 2.37. The molecule has 0 spiro atoms. The molecule has 1 heterocycles. The summed E-state index contributed by atoms with van der Waals surface area (Å²) in [4.78, 5) is 17.5. The first-order chi connectivity index (χ1) is 18.0. The van der Waals surface area contributed by atoms with Crippen molar-refractivity contribution in [2.45, 2.75) is 43.9 Å². The van der Waals surface area contributed by atoms with Gasteiger partial charge >= 0.3 is 18.6 Å². The Hall–Kier alpha value is -3.44. The van der Waals surface area contributed by atoms with Crippen molar-refractivity contribution in [1.82, 2.24) is 15.6 Å². The van der Waals surface area contributed by atoms with Crippen LogP contribution >= 0.6 is 11.6 Å². The van der Waals surface area contributed by atoms with Crippen LogP contribution in [-0.2, 0) is 12.0 Å². The Labute approximate surface area is 220 Å². The zero-order chi connectivity index (χ0) is 27.9. The molecule has 2 aromatic carbocycles. The molecular weight excluding hydrogens is 533 g/mol. The largest absolute Gasteiger partial charge is 0.461 e. The molecule has 0 aliphatic carbocycles. The van der Waals surface area contributed by atoms with Crippen molar-refractivity contribution in [3.8, 4) is 5.75 Å². The minimum Gasteiger partial charge on any atom is -0.428 e. The van der Waals surface area contributed by atoms with E-state index < -0.39 is 41.7 Å². The van der Waals surface area contributed by atoms with Crippen LogP contribution in [0.25, 0.3) is 0 Å². The summed E-state index contributed by atoms with van der Waals surface area (Å²) in [6.45, 7) is 1.37. The molecule has 0 saturated carbocycles. The van der Waals surface area contributed by atoms with Gasteiger partial charge in [-0.05, 0) is 41.8 Å². The van der Waals surface area contributed by atoms with Crippen LogP contribution in [0.1, 0.15) is 30.2 Å². The van der Waals surface area contributed by atoms with E-state index in [1.54, 1.807) is 37.3 Å². The maximum absolute atomic E-state index is 14.8. The molecule has 3 aromatic rings. The molecule has 1 aromatic heterocycles. The smallest absolute Gasteiger partial charge is 0.428 e. The molecule has 204 valence electrons. The first-order valence-corrected chi connectivity index (χ1v) is 11.9. The van der Waals surface area contributed by atoms with Gasteiger partial charge < -0.3 is 20.5 Å². The fourth-order valence-electron chi connectivity index (χ4n) is 3.81. The zero-order valence-electron chi connectivity index (χ0n) is 20.1. The number of halogens is 6. The van der Waals surface area contributed by atoms with Gasteiger partial charge in [0, 0.05) is 18.7 Å². The van der Waals surface area contributed by atoms with Gasteiger partial charge in [0.15, 0.2) is 0 Å². The third kappa shape index (κ3) is 7.11. The lowest BCUT2D eigenvalue weighted by Crippen LogP contribution is -2.54. The predicted octanol–water partition coefficient (Wildman–Crippen LogP) is 5.67. The Bertz CT molecular complexity index is 1210. The summed E-state index contributed by atoms with van der Waals surface area (Å²) in [6.07, 6.45) is -7.48. The number of aromatic nitrogens is 1. The van der Waals surface area contributed by atoms with Gasteiger partial charge in [-0.1, -0.05) is 48.9 Å². The number of aliphatic hydroxyl groups is 1. The fraction of sp³-hybridized carbons (Fsp3) is 0.308. The van der Waals surface area contributed by atoms with Crippen LogP contribution in [0.5, 0.6) is 5.75 Å². The molecule has 6 nitrogen and oxygen atoms in total. The van der Waals surface area contributed by atoms with Gasteiger partial charge in [-0.2, -0.15) is 17.6 Å². The highest BCUT2D eigenvalue weighted by atomic mass is 35.5. The number of aliphatic hydroxyl groups excluding tert-OH is 1. The maximum atomic E-state index is 14.8. The van der Waals surface area contributed by atoms with Crippen LogP contribution in [0.4, 0.5) is 26.7 Å². The van der Waals surface area contributed by atoms with Crippen molar-refractivity contribution in [3.05, 3.63) is 94.5 Å². The van der Waals surface area contributed by atoms with Gasteiger partial charge in [0.1, 0.15) is 17.1 Å². The Morgan fingerprint density at radius 1 is 1.13 bits per heavy atom. The van der Waals surface area contributed by atoms with Crippen LogP contribution in [0.2, 0.25) is 5.02 Å². The van der Waals surface area contributed by atoms with E-state index in [1.807, 2.05) is 0 Å². The fourth-order valence-corrected chi connectivity index (χ4v) is 3.92. The van der Waals surface area contributed by atoms with E-state index in [2.05, 4.69) is 20.4 Å². The molecular formula is C26H25ClF5N3O3. The molecule has 0 saturated heterocycles. The third-order valence-electron chi connectivity index (χ3n) is 5.72. The van der Waals surface area contributed by atoms with Crippen molar-refractivity contribution in [2.75, 3.05) is 6.61 Å². The average Bonchev–Trinajstić information content (AvgIpc) is 2.87. The number of nitrogens with one attached hydrogen (secondary N) is 2. The topological polar surface area (TPSA) is 83.5 Å². The van der Waals surface area contributed by atoms with Crippen molar-refractivity contribution >= 4 is 17.6 Å². The lowest BCUT2D eigenvalue weighted by molar-refractivity contribution is -0.253. The number of amides is 2. The van der Waals surface area contributed by atoms with Crippen LogP contribution in [0.3, 0.4) is 0 Å². The van der Waals surface area contributed by atoms with Crippen LogP contribution in [0.15, 0.2) is 66.9 Å². The Morgan fingerprint density at radius 3 is 2.42 bits per heavy atom. The minimum atomic E-state index is -4.90. The van der Waals surface area contributed by atoms with Crippen LogP contribution < -0.4 is 15.4 Å². The van der Waals surface area contributed by atoms with Crippen molar-refractivity contribution in [3.63, 3.8) is 0 Å². The number of urea groups is 1.